The van der Waals surface area contributed by atoms with Gasteiger partial charge in [-0.1, -0.05) is 6.92 Å². The van der Waals surface area contributed by atoms with Gasteiger partial charge in [0.05, 0.1) is 12.6 Å². The van der Waals surface area contributed by atoms with Crippen LogP contribution in [0.2, 0.25) is 0 Å². The molecule has 0 aromatic carbocycles. The van der Waals surface area contributed by atoms with E-state index in [0.717, 1.165) is 30.9 Å². The molecule has 4 heteroatoms. The molecule has 2 heterocycles. The number of hydrogen-bond donors (Lipinski definition) is 1. The molecule has 0 amide bonds. The fourth-order valence-corrected chi connectivity index (χ4v) is 1.49. The van der Waals surface area contributed by atoms with E-state index in [1.807, 2.05) is 11.6 Å². The maximum absolute atomic E-state index is 9.35. The number of aryl methyl sites for hydroxylation is 2. The average Bonchev–Trinajstić information content (AvgIpc) is 2.46. The van der Waals surface area contributed by atoms with Crippen LogP contribution in [0.5, 0.6) is 0 Å². The van der Waals surface area contributed by atoms with Crippen LogP contribution < -0.4 is 0 Å². The van der Waals surface area contributed by atoms with Crippen molar-refractivity contribution in [1.29, 1.82) is 0 Å². The Morgan fingerprint density at radius 3 is 3.25 bits per heavy atom. The number of aromatic nitrogens is 3. The zero-order valence-electron chi connectivity index (χ0n) is 7.19. The SMILES string of the molecule is CCc1nc2n(n1)CC(O)CC2. The number of hydrogen-bond acceptors (Lipinski definition) is 3. The van der Waals surface area contributed by atoms with Gasteiger partial charge in [-0.25, -0.2) is 9.67 Å². The van der Waals surface area contributed by atoms with E-state index >= 15 is 0 Å². The van der Waals surface area contributed by atoms with Crippen LogP contribution in [0.1, 0.15) is 25.0 Å². The van der Waals surface area contributed by atoms with Crippen molar-refractivity contribution in [2.24, 2.45) is 0 Å². The lowest BCUT2D eigenvalue weighted by Gasteiger charge is -2.16. The second kappa shape index (κ2) is 2.86. The largest absolute Gasteiger partial charge is 0.391 e. The molecule has 1 aromatic rings. The Morgan fingerprint density at radius 1 is 1.67 bits per heavy atom. The van der Waals surface area contributed by atoms with E-state index < -0.39 is 0 Å². The van der Waals surface area contributed by atoms with E-state index in [9.17, 15) is 5.11 Å². The van der Waals surface area contributed by atoms with E-state index in [-0.39, 0.29) is 6.10 Å². The van der Waals surface area contributed by atoms with Gasteiger partial charge in [-0.3, -0.25) is 0 Å². The quantitative estimate of drug-likeness (QED) is 0.647. The molecular formula is C8H13N3O. The molecule has 0 saturated heterocycles. The summed E-state index contributed by atoms with van der Waals surface area (Å²) in [5.41, 5.74) is 0. The van der Waals surface area contributed by atoms with Crippen molar-refractivity contribution in [3.8, 4) is 0 Å². The highest BCUT2D eigenvalue weighted by Crippen LogP contribution is 2.12. The van der Waals surface area contributed by atoms with Gasteiger partial charge in [0.1, 0.15) is 5.82 Å². The van der Waals surface area contributed by atoms with E-state index in [2.05, 4.69) is 10.1 Å². The van der Waals surface area contributed by atoms with E-state index in [4.69, 9.17) is 0 Å². The molecule has 0 radical (unpaired) electrons. The Bertz CT molecular complexity index is 282. The summed E-state index contributed by atoms with van der Waals surface area (Å²) in [6, 6.07) is 0. The van der Waals surface area contributed by atoms with Crippen LogP contribution in [0, 0.1) is 0 Å². The number of aliphatic hydroxyl groups excluding tert-OH is 1. The number of aliphatic hydroxyl groups is 1. The Balaban J connectivity index is 2.28. The van der Waals surface area contributed by atoms with Crippen molar-refractivity contribution in [3.63, 3.8) is 0 Å². The molecule has 0 saturated carbocycles. The van der Waals surface area contributed by atoms with Gasteiger partial charge in [0.15, 0.2) is 5.82 Å². The van der Waals surface area contributed by atoms with Gasteiger partial charge >= 0.3 is 0 Å². The van der Waals surface area contributed by atoms with Gasteiger partial charge in [0.25, 0.3) is 0 Å². The highest BCUT2D eigenvalue weighted by atomic mass is 16.3. The Labute approximate surface area is 71.2 Å². The number of fused-ring (bicyclic) bond motifs is 1. The molecule has 66 valence electrons. The lowest BCUT2D eigenvalue weighted by Crippen LogP contribution is -2.25. The minimum absolute atomic E-state index is 0.232. The van der Waals surface area contributed by atoms with Gasteiger partial charge < -0.3 is 5.11 Å². The molecule has 1 unspecified atom stereocenters. The van der Waals surface area contributed by atoms with E-state index in [1.54, 1.807) is 0 Å². The molecule has 12 heavy (non-hydrogen) atoms. The molecule has 1 aliphatic heterocycles. The predicted octanol–water partition coefficient (Wildman–Crippen LogP) is 0.148. The van der Waals surface area contributed by atoms with Crippen molar-refractivity contribution < 1.29 is 5.11 Å². The van der Waals surface area contributed by atoms with Crippen molar-refractivity contribution in [3.05, 3.63) is 11.6 Å². The minimum Gasteiger partial charge on any atom is -0.391 e. The van der Waals surface area contributed by atoms with Gasteiger partial charge in [0.2, 0.25) is 0 Å². The number of nitrogens with zero attached hydrogens (tertiary/aromatic N) is 3. The van der Waals surface area contributed by atoms with Gasteiger partial charge in [-0.05, 0) is 6.42 Å². The van der Waals surface area contributed by atoms with Crippen molar-refractivity contribution in [1.82, 2.24) is 14.8 Å². The maximum Gasteiger partial charge on any atom is 0.150 e. The lowest BCUT2D eigenvalue weighted by atomic mass is 10.1. The Morgan fingerprint density at radius 2 is 2.50 bits per heavy atom. The lowest BCUT2D eigenvalue weighted by molar-refractivity contribution is 0.124. The van der Waals surface area contributed by atoms with E-state index in [0.29, 0.717) is 6.54 Å². The summed E-state index contributed by atoms with van der Waals surface area (Å²) in [4.78, 5) is 4.34. The number of rotatable bonds is 1. The third kappa shape index (κ3) is 1.22. The second-order valence-corrected chi connectivity index (χ2v) is 3.17. The van der Waals surface area contributed by atoms with Gasteiger partial charge in [0, 0.05) is 12.8 Å². The first-order valence-corrected chi connectivity index (χ1v) is 4.40. The summed E-state index contributed by atoms with van der Waals surface area (Å²) in [5, 5.41) is 13.6. The van der Waals surface area contributed by atoms with Crippen LogP contribution in [0.4, 0.5) is 0 Å². The highest BCUT2D eigenvalue weighted by Gasteiger charge is 2.18. The Kier molecular flexibility index (Phi) is 1.84. The fourth-order valence-electron chi connectivity index (χ4n) is 1.49. The summed E-state index contributed by atoms with van der Waals surface area (Å²) < 4.78 is 1.83. The average molecular weight is 167 g/mol. The molecule has 1 N–H and O–H groups in total. The molecule has 0 aliphatic carbocycles. The molecule has 1 aromatic heterocycles. The van der Waals surface area contributed by atoms with Crippen LogP contribution in [-0.4, -0.2) is 26.0 Å². The van der Waals surface area contributed by atoms with Crippen LogP contribution >= 0.6 is 0 Å². The molecule has 2 rings (SSSR count). The molecule has 0 spiro atoms. The second-order valence-electron chi connectivity index (χ2n) is 3.17. The Hall–Kier alpha value is -0.900. The minimum atomic E-state index is -0.232. The van der Waals surface area contributed by atoms with Crippen LogP contribution in [0.15, 0.2) is 0 Å². The molecule has 1 aliphatic rings. The standard InChI is InChI=1S/C8H13N3O/c1-2-7-9-8-4-3-6(12)5-11(8)10-7/h6,12H,2-5H2,1H3. The smallest absolute Gasteiger partial charge is 0.150 e. The first kappa shape index (κ1) is 7.73. The van der Waals surface area contributed by atoms with Gasteiger partial charge in [-0.2, -0.15) is 5.10 Å². The van der Waals surface area contributed by atoms with Crippen LogP contribution in [0.3, 0.4) is 0 Å². The third-order valence-electron chi connectivity index (χ3n) is 2.19. The summed E-state index contributed by atoms with van der Waals surface area (Å²) in [6.07, 6.45) is 2.32. The topological polar surface area (TPSA) is 50.9 Å². The third-order valence-corrected chi connectivity index (χ3v) is 2.19. The summed E-state index contributed by atoms with van der Waals surface area (Å²) in [7, 11) is 0. The summed E-state index contributed by atoms with van der Waals surface area (Å²) in [5.74, 6) is 1.91. The van der Waals surface area contributed by atoms with Gasteiger partial charge in [-0.15, -0.1) is 0 Å². The van der Waals surface area contributed by atoms with Crippen molar-refractivity contribution in [2.75, 3.05) is 0 Å². The normalized spacial score (nSPS) is 22.3. The summed E-state index contributed by atoms with van der Waals surface area (Å²) in [6.45, 7) is 2.65. The highest BCUT2D eigenvalue weighted by molar-refractivity contribution is 4.96. The summed E-state index contributed by atoms with van der Waals surface area (Å²) >= 11 is 0. The molecule has 4 nitrogen and oxygen atoms in total. The van der Waals surface area contributed by atoms with Crippen LogP contribution in [-0.2, 0) is 19.4 Å². The molecule has 0 fully saturated rings. The molecular weight excluding hydrogens is 154 g/mol. The molecule has 0 bridgehead atoms. The first-order valence-electron chi connectivity index (χ1n) is 4.40. The van der Waals surface area contributed by atoms with Crippen molar-refractivity contribution in [2.45, 2.75) is 38.8 Å². The first-order chi connectivity index (χ1) is 5.79. The molecule has 1 atom stereocenters. The zero-order chi connectivity index (χ0) is 8.55. The van der Waals surface area contributed by atoms with Crippen molar-refractivity contribution >= 4 is 0 Å². The van der Waals surface area contributed by atoms with E-state index in [1.165, 1.54) is 0 Å². The van der Waals surface area contributed by atoms with Crippen LogP contribution in [0.25, 0.3) is 0 Å². The maximum atomic E-state index is 9.35. The monoisotopic (exact) mass is 167 g/mol. The fraction of sp³-hybridized carbons (Fsp3) is 0.750. The predicted molar refractivity (Wildman–Crippen MR) is 43.7 cm³/mol. The zero-order valence-corrected chi connectivity index (χ0v) is 7.19.